The fraction of sp³-hybridized carbons (Fsp3) is 0.714. The van der Waals surface area contributed by atoms with Crippen LogP contribution in [0.15, 0.2) is 35.2 Å². The molecule has 1 aromatic carbocycles. The zero-order chi connectivity index (χ0) is 18.9. The molecule has 2 atom stereocenters. The molecule has 1 spiro atoms. The molecule has 4 rings (SSSR count). The lowest BCUT2D eigenvalue weighted by Crippen LogP contribution is -2.44. The number of hydrogen-bond donors (Lipinski definition) is 0. The maximum atomic E-state index is 12.8. The van der Waals surface area contributed by atoms with Crippen LogP contribution in [-0.2, 0) is 14.8 Å². The van der Waals surface area contributed by atoms with E-state index in [-0.39, 0.29) is 5.41 Å². The van der Waals surface area contributed by atoms with E-state index in [2.05, 4.69) is 11.8 Å². The van der Waals surface area contributed by atoms with E-state index in [9.17, 15) is 8.42 Å². The Labute approximate surface area is 163 Å². The number of ether oxygens (including phenoxy) is 1. The molecule has 150 valence electrons. The smallest absolute Gasteiger partial charge is 0.243 e. The van der Waals surface area contributed by atoms with Crippen LogP contribution in [0, 0.1) is 11.3 Å². The van der Waals surface area contributed by atoms with Gasteiger partial charge >= 0.3 is 0 Å². The first-order chi connectivity index (χ1) is 13.0. The second-order valence-corrected chi connectivity index (χ2v) is 10.8. The van der Waals surface area contributed by atoms with Gasteiger partial charge in [0.05, 0.1) is 17.6 Å². The van der Waals surface area contributed by atoms with Gasteiger partial charge in [-0.05, 0) is 62.1 Å². The average Bonchev–Trinajstić information content (AvgIpc) is 3.05. The van der Waals surface area contributed by atoms with Gasteiger partial charge in [0.25, 0.3) is 0 Å². The lowest BCUT2D eigenvalue weighted by molar-refractivity contribution is 0.0482. The number of hydrogen-bond acceptors (Lipinski definition) is 4. The fourth-order valence-electron chi connectivity index (χ4n) is 5.04. The van der Waals surface area contributed by atoms with Crippen molar-refractivity contribution >= 4 is 10.0 Å². The van der Waals surface area contributed by atoms with Crippen LogP contribution in [0.1, 0.15) is 39.0 Å². The number of benzene rings is 1. The summed E-state index contributed by atoms with van der Waals surface area (Å²) in [6.07, 6.45) is 5.85. The summed E-state index contributed by atoms with van der Waals surface area (Å²) in [7, 11) is -3.37. The third-order valence-electron chi connectivity index (χ3n) is 6.65. The highest BCUT2D eigenvalue weighted by Gasteiger charge is 2.44. The molecule has 0 aliphatic carbocycles. The molecular formula is C21H32N2O3S. The van der Waals surface area contributed by atoms with Gasteiger partial charge in [0, 0.05) is 26.2 Å². The van der Waals surface area contributed by atoms with Gasteiger partial charge in [-0.1, -0.05) is 25.1 Å². The molecule has 0 unspecified atom stereocenters. The van der Waals surface area contributed by atoms with Crippen molar-refractivity contribution in [2.75, 3.05) is 39.3 Å². The molecule has 3 fully saturated rings. The summed E-state index contributed by atoms with van der Waals surface area (Å²) in [4.78, 5) is 2.97. The van der Waals surface area contributed by atoms with E-state index in [0.29, 0.717) is 24.1 Å². The van der Waals surface area contributed by atoms with Gasteiger partial charge in [-0.3, -0.25) is 0 Å². The molecule has 5 nitrogen and oxygen atoms in total. The van der Waals surface area contributed by atoms with E-state index in [0.717, 1.165) is 38.3 Å². The SMILES string of the molecule is C[C@@H]1CCCN(C[C@@H]2CC3(CCN(S(=O)(=O)c4ccccc4)CC3)CO2)C1. The van der Waals surface area contributed by atoms with Crippen molar-refractivity contribution in [1.29, 1.82) is 0 Å². The summed E-state index contributed by atoms with van der Waals surface area (Å²) in [6.45, 7) is 7.77. The summed E-state index contributed by atoms with van der Waals surface area (Å²) in [6, 6.07) is 8.80. The van der Waals surface area contributed by atoms with Crippen molar-refractivity contribution in [3.8, 4) is 0 Å². The lowest BCUT2D eigenvalue weighted by Gasteiger charge is -2.38. The average molecular weight is 393 g/mol. The Kier molecular flexibility index (Phi) is 5.61. The minimum Gasteiger partial charge on any atom is -0.376 e. The Morgan fingerprint density at radius 2 is 1.89 bits per heavy atom. The van der Waals surface area contributed by atoms with Crippen LogP contribution < -0.4 is 0 Å². The number of nitrogens with zero attached hydrogens (tertiary/aromatic N) is 2. The maximum Gasteiger partial charge on any atom is 0.243 e. The number of likely N-dealkylation sites (tertiary alicyclic amines) is 1. The Hall–Kier alpha value is -0.950. The van der Waals surface area contributed by atoms with Gasteiger partial charge in [-0.15, -0.1) is 0 Å². The van der Waals surface area contributed by atoms with Crippen LogP contribution in [-0.4, -0.2) is 63.1 Å². The number of piperidine rings is 2. The van der Waals surface area contributed by atoms with Crippen molar-refractivity contribution in [1.82, 2.24) is 9.21 Å². The fourth-order valence-corrected chi connectivity index (χ4v) is 6.51. The van der Waals surface area contributed by atoms with Crippen LogP contribution in [0.5, 0.6) is 0 Å². The zero-order valence-electron chi connectivity index (χ0n) is 16.3. The Morgan fingerprint density at radius 3 is 2.59 bits per heavy atom. The molecule has 0 amide bonds. The van der Waals surface area contributed by atoms with E-state index in [1.54, 1.807) is 28.6 Å². The topological polar surface area (TPSA) is 49.9 Å². The predicted molar refractivity (Wildman–Crippen MR) is 106 cm³/mol. The van der Waals surface area contributed by atoms with Crippen LogP contribution in [0.25, 0.3) is 0 Å². The van der Waals surface area contributed by atoms with Crippen molar-refractivity contribution < 1.29 is 13.2 Å². The van der Waals surface area contributed by atoms with Gasteiger partial charge in [0.1, 0.15) is 0 Å². The number of sulfonamides is 1. The van der Waals surface area contributed by atoms with Gasteiger partial charge in [0.15, 0.2) is 0 Å². The zero-order valence-corrected chi connectivity index (χ0v) is 17.2. The standard InChI is InChI=1S/C21H32N2O3S/c1-18-6-5-11-22(15-18)16-19-14-21(17-26-19)9-12-23(13-10-21)27(24,25)20-7-3-2-4-8-20/h2-4,7-8,18-19H,5-6,9-17H2,1H3/t18-,19+/m1/s1. The van der Waals surface area contributed by atoms with Gasteiger partial charge in [-0.2, -0.15) is 4.31 Å². The van der Waals surface area contributed by atoms with Crippen LogP contribution >= 0.6 is 0 Å². The third kappa shape index (κ3) is 4.24. The second-order valence-electron chi connectivity index (χ2n) is 8.86. The largest absolute Gasteiger partial charge is 0.376 e. The van der Waals surface area contributed by atoms with Crippen LogP contribution in [0.4, 0.5) is 0 Å². The Morgan fingerprint density at radius 1 is 1.15 bits per heavy atom. The molecule has 1 aromatic rings. The van der Waals surface area contributed by atoms with Gasteiger partial charge in [-0.25, -0.2) is 8.42 Å². The molecule has 0 saturated carbocycles. The van der Waals surface area contributed by atoms with Gasteiger partial charge < -0.3 is 9.64 Å². The summed E-state index contributed by atoms with van der Waals surface area (Å²) >= 11 is 0. The molecular weight excluding hydrogens is 360 g/mol. The maximum absolute atomic E-state index is 12.8. The van der Waals surface area contributed by atoms with Crippen molar-refractivity contribution in [3.05, 3.63) is 30.3 Å². The highest BCUT2D eigenvalue weighted by Crippen LogP contribution is 2.43. The summed E-state index contributed by atoms with van der Waals surface area (Å²) in [5.41, 5.74) is 0.175. The first-order valence-corrected chi connectivity index (χ1v) is 11.8. The highest BCUT2D eigenvalue weighted by atomic mass is 32.2. The minimum absolute atomic E-state index is 0.175. The molecule has 0 bridgehead atoms. The molecule has 6 heteroatoms. The summed E-state index contributed by atoms with van der Waals surface area (Å²) < 4.78 is 33.5. The summed E-state index contributed by atoms with van der Waals surface area (Å²) in [5, 5.41) is 0. The Balaban J connectivity index is 1.33. The number of rotatable bonds is 4. The van der Waals surface area contributed by atoms with E-state index in [1.807, 2.05) is 6.07 Å². The highest BCUT2D eigenvalue weighted by molar-refractivity contribution is 7.89. The van der Waals surface area contributed by atoms with E-state index in [4.69, 9.17) is 4.74 Å². The Bertz CT molecular complexity index is 729. The van der Waals surface area contributed by atoms with Crippen LogP contribution in [0.3, 0.4) is 0 Å². The van der Waals surface area contributed by atoms with Crippen molar-refractivity contribution in [3.63, 3.8) is 0 Å². The molecule has 0 N–H and O–H groups in total. The molecule has 3 heterocycles. The van der Waals surface area contributed by atoms with Crippen molar-refractivity contribution in [2.45, 2.75) is 50.0 Å². The molecule has 0 radical (unpaired) electrons. The lowest BCUT2D eigenvalue weighted by atomic mass is 9.77. The monoisotopic (exact) mass is 392 g/mol. The first kappa shape index (κ1) is 19.4. The van der Waals surface area contributed by atoms with Gasteiger partial charge in [0.2, 0.25) is 10.0 Å². The van der Waals surface area contributed by atoms with E-state index < -0.39 is 10.0 Å². The minimum atomic E-state index is -3.37. The second kappa shape index (κ2) is 7.82. The molecule has 3 aliphatic heterocycles. The molecule has 27 heavy (non-hydrogen) atoms. The van der Waals surface area contributed by atoms with E-state index >= 15 is 0 Å². The van der Waals surface area contributed by atoms with Crippen LogP contribution in [0.2, 0.25) is 0 Å². The predicted octanol–water partition coefficient (Wildman–Crippen LogP) is 2.98. The third-order valence-corrected chi connectivity index (χ3v) is 8.57. The summed E-state index contributed by atoms with van der Waals surface area (Å²) in [5.74, 6) is 0.792. The normalized spacial score (nSPS) is 30.0. The molecule has 3 saturated heterocycles. The van der Waals surface area contributed by atoms with E-state index in [1.165, 1.54) is 25.9 Å². The molecule has 3 aliphatic rings. The first-order valence-electron chi connectivity index (χ1n) is 10.4. The quantitative estimate of drug-likeness (QED) is 0.790. The molecule has 0 aromatic heterocycles. The van der Waals surface area contributed by atoms with Crippen molar-refractivity contribution in [2.24, 2.45) is 11.3 Å².